The van der Waals surface area contributed by atoms with Gasteiger partial charge in [0, 0.05) is 5.39 Å². The molecule has 156 valence electrons. The highest BCUT2D eigenvalue weighted by Crippen LogP contribution is 2.50. The lowest BCUT2D eigenvalue weighted by Crippen LogP contribution is -2.33. The Morgan fingerprint density at radius 2 is 1.12 bits per heavy atom. The van der Waals surface area contributed by atoms with Crippen LogP contribution in [0.2, 0.25) is 0 Å². The summed E-state index contributed by atoms with van der Waals surface area (Å²) >= 11 is 1.59. The van der Waals surface area contributed by atoms with Crippen LogP contribution in [0.25, 0.3) is 10.9 Å². The number of nitrogens with zero attached hydrogens (tertiary/aromatic N) is 1. The molecule has 0 saturated heterocycles. The van der Waals surface area contributed by atoms with Crippen LogP contribution in [-0.4, -0.2) is 10.1 Å². The lowest BCUT2D eigenvalue weighted by Gasteiger charge is -2.37. The number of aromatic nitrogens is 1. The molecular formula is C29H23NOS. The van der Waals surface area contributed by atoms with Crippen molar-refractivity contribution in [1.29, 1.82) is 0 Å². The molecule has 0 saturated carbocycles. The molecule has 1 N–H and O–H groups in total. The van der Waals surface area contributed by atoms with Gasteiger partial charge in [-0.15, -0.1) is 0 Å². The van der Waals surface area contributed by atoms with Gasteiger partial charge < -0.3 is 5.11 Å². The molecule has 0 aliphatic heterocycles. The number of benzene rings is 4. The second-order valence-electron chi connectivity index (χ2n) is 7.75. The Balaban J connectivity index is 1.68. The smallest absolute Gasteiger partial charge is 0.131 e. The average Bonchev–Trinajstić information content (AvgIpc) is 2.88. The molecule has 0 bridgehead atoms. The van der Waals surface area contributed by atoms with Crippen molar-refractivity contribution >= 4 is 22.7 Å². The fourth-order valence-corrected chi connectivity index (χ4v) is 5.39. The van der Waals surface area contributed by atoms with Crippen molar-refractivity contribution in [3.63, 3.8) is 0 Å². The highest BCUT2D eigenvalue weighted by atomic mass is 32.2. The number of hydrogen-bond donors (Lipinski definition) is 1. The Kier molecular flexibility index (Phi) is 5.76. The van der Waals surface area contributed by atoms with Crippen molar-refractivity contribution in [3.8, 4) is 0 Å². The number of thioether (sulfide) groups is 1. The highest BCUT2D eigenvalue weighted by Gasteiger charge is 2.42. The van der Waals surface area contributed by atoms with Crippen LogP contribution in [0.4, 0.5) is 0 Å². The Morgan fingerprint density at radius 3 is 1.75 bits per heavy atom. The van der Waals surface area contributed by atoms with Crippen molar-refractivity contribution in [3.05, 3.63) is 144 Å². The second-order valence-corrected chi connectivity index (χ2v) is 8.87. The monoisotopic (exact) mass is 433 g/mol. The van der Waals surface area contributed by atoms with Gasteiger partial charge >= 0.3 is 0 Å². The van der Waals surface area contributed by atoms with E-state index in [1.165, 1.54) is 0 Å². The molecule has 2 nitrogen and oxygen atoms in total. The van der Waals surface area contributed by atoms with E-state index in [-0.39, 0.29) is 5.25 Å². The molecule has 3 heteroatoms. The maximum absolute atomic E-state index is 12.5. The third-order valence-corrected chi connectivity index (χ3v) is 7.04. The highest BCUT2D eigenvalue weighted by molar-refractivity contribution is 7.99. The molecule has 1 aromatic heterocycles. The average molecular weight is 434 g/mol. The van der Waals surface area contributed by atoms with E-state index in [0.29, 0.717) is 0 Å². The zero-order valence-corrected chi connectivity index (χ0v) is 18.3. The first-order valence-electron chi connectivity index (χ1n) is 10.7. The normalized spacial score (nSPS) is 12.5. The van der Waals surface area contributed by atoms with Gasteiger partial charge in [0.1, 0.15) is 5.60 Å². The van der Waals surface area contributed by atoms with Crippen molar-refractivity contribution in [2.75, 3.05) is 0 Å². The predicted octanol–water partition coefficient (Wildman–Crippen LogP) is 7.00. The van der Waals surface area contributed by atoms with Crippen LogP contribution in [0.3, 0.4) is 0 Å². The fourth-order valence-electron chi connectivity index (χ4n) is 4.11. The van der Waals surface area contributed by atoms with Gasteiger partial charge in [0.05, 0.1) is 15.8 Å². The second kappa shape index (κ2) is 8.99. The molecule has 5 rings (SSSR count). The molecule has 4 aromatic carbocycles. The minimum absolute atomic E-state index is 0.304. The number of fused-ring (bicyclic) bond motifs is 1. The maximum Gasteiger partial charge on any atom is 0.131 e. The van der Waals surface area contributed by atoms with Gasteiger partial charge in [-0.2, -0.15) is 0 Å². The molecule has 32 heavy (non-hydrogen) atoms. The van der Waals surface area contributed by atoms with Crippen LogP contribution in [0.1, 0.15) is 21.9 Å². The SMILES string of the molecule is OC(c1ccccc1)(c1ccccc1)[C@H](Sc1ccc2ccccc2n1)c1ccccc1. The summed E-state index contributed by atoms with van der Waals surface area (Å²) in [6.07, 6.45) is 0. The van der Waals surface area contributed by atoms with Crippen LogP contribution in [0, 0.1) is 0 Å². The quantitative estimate of drug-likeness (QED) is 0.293. The minimum Gasteiger partial charge on any atom is -0.379 e. The molecule has 0 aliphatic rings. The molecule has 5 aromatic rings. The van der Waals surface area contributed by atoms with Gasteiger partial charge in [-0.05, 0) is 28.8 Å². The third-order valence-electron chi connectivity index (χ3n) is 5.72. The largest absolute Gasteiger partial charge is 0.379 e. The fraction of sp³-hybridized carbons (Fsp3) is 0.0690. The Hall–Kier alpha value is -3.40. The van der Waals surface area contributed by atoms with Crippen LogP contribution in [-0.2, 0) is 5.60 Å². The summed E-state index contributed by atoms with van der Waals surface area (Å²) < 4.78 is 0. The number of hydrogen-bond acceptors (Lipinski definition) is 3. The number of pyridine rings is 1. The molecule has 0 aliphatic carbocycles. The molecular weight excluding hydrogens is 410 g/mol. The van der Waals surface area contributed by atoms with E-state index in [4.69, 9.17) is 4.98 Å². The van der Waals surface area contributed by atoms with Gasteiger partial charge in [-0.25, -0.2) is 4.98 Å². The summed E-state index contributed by atoms with van der Waals surface area (Å²) in [7, 11) is 0. The molecule has 1 heterocycles. The lowest BCUT2D eigenvalue weighted by atomic mass is 9.81. The van der Waals surface area contributed by atoms with E-state index in [1.807, 2.05) is 103 Å². The van der Waals surface area contributed by atoms with Crippen LogP contribution >= 0.6 is 11.8 Å². The van der Waals surface area contributed by atoms with Gasteiger partial charge in [0.25, 0.3) is 0 Å². The Bertz CT molecular complexity index is 1270. The summed E-state index contributed by atoms with van der Waals surface area (Å²) in [6.45, 7) is 0. The van der Waals surface area contributed by atoms with Crippen molar-refractivity contribution in [2.24, 2.45) is 0 Å². The molecule has 0 unspecified atom stereocenters. The van der Waals surface area contributed by atoms with Crippen molar-refractivity contribution in [2.45, 2.75) is 15.9 Å². The molecule has 1 atom stereocenters. The van der Waals surface area contributed by atoms with Gasteiger partial charge in [-0.3, -0.25) is 0 Å². The number of aliphatic hydroxyl groups is 1. The first-order valence-corrected chi connectivity index (χ1v) is 11.5. The van der Waals surface area contributed by atoms with E-state index < -0.39 is 5.60 Å². The molecule has 0 fully saturated rings. The van der Waals surface area contributed by atoms with Gasteiger partial charge in [0.15, 0.2) is 0 Å². The maximum atomic E-state index is 12.5. The zero-order valence-electron chi connectivity index (χ0n) is 17.5. The van der Waals surface area contributed by atoms with E-state index in [2.05, 4.69) is 24.3 Å². The number of rotatable bonds is 6. The van der Waals surface area contributed by atoms with Crippen LogP contribution in [0.5, 0.6) is 0 Å². The first-order chi connectivity index (χ1) is 15.7. The van der Waals surface area contributed by atoms with Gasteiger partial charge in [0.2, 0.25) is 0 Å². The summed E-state index contributed by atoms with van der Waals surface area (Å²) in [5, 5.41) is 14.2. The molecule has 0 amide bonds. The zero-order chi connectivity index (χ0) is 21.8. The van der Waals surface area contributed by atoms with Crippen LogP contribution in [0.15, 0.2) is 132 Å². The van der Waals surface area contributed by atoms with E-state index >= 15 is 0 Å². The summed E-state index contributed by atoms with van der Waals surface area (Å²) in [5.74, 6) is 0. The van der Waals surface area contributed by atoms with E-state index in [9.17, 15) is 5.11 Å². The van der Waals surface area contributed by atoms with E-state index in [1.54, 1.807) is 11.8 Å². The number of para-hydroxylation sites is 1. The Labute approximate surface area is 192 Å². The van der Waals surface area contributed by atoms with Crippen LogP contribution < -0.4 is 0 Å². The summed E-state index contributed by atoms with van der Waals surface area (Å²) in [6, 6.07) is 42.3. The Morgan fingerprint density at radius 1 is 0.594 bits per heavy atom. The molecule has 0 radical (unpaired) electrons. The van der Waals surface area contributed by atoms with E-state index in [0.717, 1.165) is 32.6 Å². The third kappa shape index (κ3) is 3.93. The standard InChI is InChI=1S/C29H23NOS/c31-29(24-15-6-2-7-16-24,25-17-8-3-9-18-25)28(23-13-4-1-5-14-23)32-27-21-20-22-12-10-11-19-26(22)30-27/h1-21,28,31H/t28-/m1/s1. The van der Waals surface area contributed by atoms with Crippen molar-refractivity contribution in [1.82, 2.24) is 4.98 Å². The summed E-state index contributed by atoms with van der Waals surface area (Å²) in [4.78, 5) is 4.89. The topological polar surface area (TPSA) is 33.1 Å². The predicted molar refractivity (Wildman–Crippen MR) is 133 cm³/mol. The van der Waals surface area contributed by atoms with Crippen molar-refractivity contribution < 1.29 is 5.11 Å². The first kappa shape index (κ1) is 20.5. The summed E-state index contributed by atoms with van der Waals surface area (Å²) in [5.41, 5.74) is 2.46. The minimum atomic E-state index is -1.25. The van der Waals surface area contributed by atoms with Gasteiger partial charge in [-0.1, -0.05) is 127 Å². The lowest BCUT2D eigenvalue weighted by molar-refractivity contribution is 0.0777. The molecule has 0 spiro atoms.